The van der Waals surface area contributed by atoms with E-state index in [-0.39, 0.29) is 0 Å². The molecule has 0 aliphatic rings. The Morgan fingerprint density at radius 2 is 0.750 bits per heavy atom. The first-order valence-electron chi connectivity index (χ1n) is 7.06. The summed E-state index contributed by atoms with van der Waals surface area (Å²) in [4.78, 5) is 0. The normalized spacial score (nSPS) is 10.5. The molecule has 2 rings (SSSR count). The third kappa shape index (κ3) is 2.96. The van der Waals surface area contributed by atoms with Gasteiger partial charge in [0.05, 0.1) is 11.4 Å². The molecule has 0 spiro atoms. The summed E-state index contributed by atoms with van der Waals surface area (Å²) in [6, 6.07) is 8.80. The molecular weight excluding hydrogens is 244 g/mol. The standard InChI is InChI=1S/C18H24N2/c1-11-7-13(3)17(14(4)8-11)19-20-18-15(5)9-12(2)10-16(18)6/h7-10,19-20H,1-6H3. The first kappa shape index (κ1) is 14.4. The maximum atomic E-state index is 3.38. The van der Waals surface area contributed by atoms with Gasteiger partial charge in [-0.2, -0.15) is 0 Å². The van der Waals surface area contributed by atoms with E-state index in [1.807, 2.05) is 0 Å². The van der Waals surface area contributed by atoms with Gasteiger partial charge >= 0.3 is 0 Å². The maximum absolute atomic E-state index is 3.38. The molecule has 0 fully saturated rings. The van der Waals surface area contributed by atoms with Crippen molar-refractivity contribution in [3.63, 3.8) is 0 Å². The summed E-state index contributed by atoms with van der Waals surface area (Å²) in [7, 11) is 0. The second-order valence-corrected chi connectivity index (χ2v) is 5.80. The van der Waals surface area contributed by atoms with Gasteiger partial charge in [-0.05, 0) is 63.8 Å². The van der Waals surface area contributed by atoms with Gasteiger partial charge in [-0.25, -0.2) is 0 Å². The van der Waals surface area contributed by atoms with Crippen molar-refractivity contribution in [3.05, 3.63) is 57.6 Å². The van der Waals surface area contributed by atoms with E-state index in [2.05, 4.69) is 76.7 Å². The molecule has 0 atom stereocenters. The number of aryl methyl sites for hydroxylation is 6. The van der Waals surface area contributed by atoms with Crippen LogP contribution in [0.25, 0.3) is 0 Å². The van der Waals surface area contributed by atoms with Crippen molar-refractivity contribution in [1.29, 1.82) is 0 Å². The Kier molecular flexibility index (Phi) is 4.03. The predicted octanol–water partition coefficient (Wildman–Crippen LogP) is 4.98. The fourth-order valence-electron chi connectivity index (χ4n) is 2.88. The van der Waals surface area contributed by atoms with Crippen LogP contribution in [0.5, 0.6) is 0 Å². The van der Waals surface area contributed by atoms with E-state index in [0.717, 1.165) is 11.4 Å². The van der Waals surface area contributed by atoms with E-state index in [1.54, 1.807) is 0 Å². The van der Waals surface area contributed by atoms with E-state index < -0.39 is 0 Å². The van der Waals surface area contributed by atoms with Gasteiger partial charge in [0.2, 0.25) is 0 Å². The van der Waals surface area contributed by atoms with Crippen LogP contribution in [-0.4, -0.2) is 0 Å². The smallest absolute Gasteiger partial charge is 0.0598 e. The lowest BCUT2D eigenvalue weighted by Gasteiger charge is -2.18. The van der Waals surface area contributed by atoms with Crippen molar-refractivity contribution in [1.82, 2.24) is 0 Å². The molecule has 0 saturated carbocycles. The molecule has 0 heterocycles. The molecule has 2 N–H and O–H groups in total. The highest BCUT2D eigenvalue weighted by Crippen LogP contribution is 2.25. The van der Waals surface area contributed by atoms with Crippen molar-refractivity contribution in [2.24, 2.45) is 0 Å². The van der Waals surface area contributed by atoms with Crippen LogP contribution in [-0.2, 0) is 0 Å². The molecule has 0 saturated heterocycles. The number of rotatable bonds is 3. The first-order chi connectivity index (χ1) is 9.38. The Labute approximate surface area is 122 Å². The summed E-state index contributed by atoms with van der Waals surface area (Å²) in [5.74, 6) is 0. The molecule has 2 aromatic carbocycles. The van der Waals surface area contributed by atoms with Gasteiger partial charge in [0.25, 0.3) is 0 Å². The van der Waals surface area contributed by atoms with Crippen molar-refractivity contribution in [3.8, 4) is 0 Å². The van der Waals surface area contributed by atoms with Crippen LogP contribution in [0, 0.1) is 41.5 Å². The number of hydrazine groups is 1. The van der Waals surface area contributed by atoms with Crippen LogP contribution in [0.3, 0.4) is 0 Å². The molecule has 0 amide bonds. The van der Waals surface area contributed by atoms with Crippen LogP contribution >= 0.6 is 0 Å². The number of hydrogen-bond donors (Lipinski definition) is 2. The van der Waals surface area contributed by atoms with Gasteiger partial charge in [0, 0.05) is 0 Å². The zero-order valence-corrected chi connectivity index (χ0v) is 13.3. The Hall–Kier alpha value is -1.96. The predicted molar refractivity (Wildman–Crippen MR) is 88.6 cm³/mol. The van der Waals surface area contributed by atoms with Crippen LogP contribution in [0.15, 0.2) is 24.3 Å². The van der Waals surface area contributed by atoms with Gasteiger partial charge in [0.1, 0.15) is 0 Å². The Morgan fingerprint density at radius 3 is 1.00 bits per heavy atom. The summed E-state index contributed by atoms with van der Waals surface area (Å²) < 4.78 is 0. The van der Waals surface area contributed by atoms with Gasteiger partial charge in [0.15, 0.2) is 0 Å². The van der Waals surface area contributed by atoms with E-state index in [1.165, 1.54) is 33.4 Å². The monoisotopic (exact) mass is 268 g/mol. The Balaban J connectivity index is 2.26. The van der Waals surface area contributed by atoms with Crippen LogP contribution < -0.4 is 10.9 Å². The average Bonchev–Trinajstić information content (AvgIpc) is 2.30. The Morgan fingerprint density at radius 1 is 0.500 bits per heavy atom. The van der Waals surface area contributed by atoms with Crippen molar-refractivity contribution >= 4 is 11.4 Å². The number of benzene rings is 2. The fourth-order valence-corrected chi connectivity index (χ4v) is 2.88. The maximum Gasteiger partial charge on any atom is 0.0598 e. The van der Waals surface area contributed by atoms with Crippen molar-refractivity contribution in [2.75, 3.05) is 10.9 Å². The minimum atomic E-state index is 1.16. The van der Waals surface area contributed by atoms with Crippen LogP contribution in [0.4, 0.5) is 11.4 Å². The summed E-state index contributed by atoms with van der Waals surface area (Å²) >= 11 is 0. The topological polar surface area (TPSA) is 24.1 Å². The third-order valence-electron chi connectivity index (χ3n) is 3.67. The average molecular weight is 268 g/mol. The summed E-state index contributed by atoms with van der Waals surface area (Å²) in [6.07, 6.45) is 0. The fraction of sp³-hybridized carbons (Fsp3) is 0.333. The van der Waals surface area contributed by atoms with Gasteiger partial charge < -0.3 is 10.9 Å². The second kappa shape index (κ2) is 5.58. The number of anilines is 2. The summed E-state index contributed by atoms with van der Waals surface area (Å²) in [6.45, 7) is 12.8. The third-order valence-corrected chi connectivity index (χ3v) is 3.67. The SMILES string of the molecule is Cc1cc(C)c(NNc2c(C)cc(C)cc2C)c(C)c1. The van der Waals surface area contributed by atoms with Crippen LogP contribution in [0.2, 0.25) is 0 Å². The van der Waals surface area contributed by atoms with Crippen molar-refractivity contribution < 1.29 is 0 Å². The molecule has 106 valence electrons. The minimum Gasteiger partial charge on any atom is -0.300 e. The Bertz CT molecular complexity index is 538. The lowest BCUT2D eigenvalue weighted by molar-refractivity contribution is 1.24. The van der Waals surface area contributed by atoms with E-state index in [0.29, 0.717) is 0 Å². The van der Waals surface area contributed by atoms with Crippen molar-refractivity contribution in [2.45, 2.75) is 41.5 Å². The molecule has 2 nitrogen and oxygen atoms in total. The molecular formula is C18H24N2. The lowest BCUT2D eigenvalue weighted by Crippen LogP contribution is -2.13. The van der Waals surface area contributed by atoms with Gasteiger partial charge in [-0.1, -0.05) is 35.4 Å². The summed E-state index contributed by atoms with van der Waals surface area (Å²) in [5, 5.41) is 0. The molecule has 2 heteroatoms. The molecule has 0 aliphatic heterocycles. The zero-order chi connectivity index (χ0) is 14.9. The molecule has 0 aliphatic carbocycles. The van der Waals surface area contributed by atoms with E-state index in [9.17, 15) is 0 Å². The molecule has 0 aromatic heterocycles. The zero-order valence-electron chi connectivity index (χ0n) is 13.3. The number of nitrogens with one attached hydrogen (secondary N) is 2. The number of hydrogen-bond acceptors (Lipinski definition) is 2. The highest BCUT2D eigenvalue weighted by Gasteiger charge is 2.06. The molecule has 20 heavy (non-hydrogen) atoms. The van der Waals surface area contributed by atoms with Gasteiger partial charge in [-0.3, -0.25) is 0 Å². The highest BCUT2D eigenvalue weighted by atomic mass is 15.4. The largest absolute Gasteiger partial charge is 0.300 e. The first-order valence-corrected chi connectivity index (χ1v) is 7.06. The van der Waals surface area contributed by atoms with E-state index in [4.69, 9.17) is 0 Å². The van der Waals surface area contributed by atoms with Gasteiger partial charge in [-0.15, -0.1) is 0 Å². The van der Waals surface area contributed by atoms with Crippen LogP contribution in [0.1, 0.15) is 33.4 Å². The quantitative estimate of drug-likeness (QED) is 0.767. The molecule has 0 unspecified atom stereocenters. The second-order valence-electron chi connectivity index (χ2n) is 5.80. The lowest BCUT2D eigenvalue weighted by atomic mass is 10.0. The molecule has 0 bridgehead atoms. The molecule has 0 radical (unpaired) electrons. The minimum absolute atomic E-state index is 1.16. The molecule has 2 aromatic rings. The van der Waals surface area contributed by atoms with E-state index >= 15 is 0 Å². The highest BCUT2D eigenvalue weighted by molar-refractivity contribution is 5.65. The summed E-state index contributed by atoms with van der Waals surface area (Å²) in [5.41, 5.74) is 16.7.